The molecule has 0 spiro atoms. The lowest BCUT2D eigenvalue weighted by atomic mass is 10.2. The van der Waals surface area contributed by atoms with E-state index in [0.29, 0.717) is 0 Å². The Morgan fingerprint density at radius 1 is 1.19 bits per heavy atom. The van der Waals surface area contributed by atoms with Crippen molar-refractivity contribution in [2.75, 3.05) is 37.7 Å². The van der Waals surface area contributed by atoms with E-state index < -0.39 is 0 Å². The number of aromatic nitrogens is 1. The molecule has 2 aromatic rings. The van der Waals surface area contributed by atoms with Gasteiger partial charge in [0.1, 0.15) is 0 Å². The zero-order valence-corrected chi connectivity index (χ0v) is 12.9. The van der Waals surface area contributed by atoms with Crippen LogP contribution in [0.2, 0.25) is 0 Å². The van der Waals surface area contributed by atoms with Gasteiger partial charge in [-0.3, -0.25) is 0 Å². The van der Waals surface area contributed by atoms with Crippen molar-refractivity contribution < 1.29 is 4.74 Å². The third-order valence-electron chi connectivity index (χ3n) is 3.64. The summed E-state index contributed by atoms with van der Waals surface area (Å²) in [4.78, 5) is 6.67. The van der Waals surface area contributed by atoms with Crippen LogP contribution in [0.5, 0.6) is 0 Å². The van der Waals surface area contributed by atoms with Crippen molar-refractivity contribution in [1.82, 2.24) is 10.3 Å². The molecule has 21 heavy (non-hydrogen) atoms. The molecule has 1 aromatic carbocycles. The summed E-state index contributed by atoms with van der Waals surface area (Å²) in [6.45, 7) is 5.53. The van der Waals surface area contributed by atoms with Gasteiger partial charge in [-0.15, -0.1) is 11.3 Å². The van der Waals surface area contributed by atoms with E-state index in [-0.39, 0.29) is 0 Å². The number of anilines is 1. The van der Waals surface area contributed by atoms with Crippen molar-refractivity contribution >= 4 is 17.0 Å². The van der Waals surface area contributed by atoms with Gasteiger partial charge < -0.3 is 15.0 Å². The van der Waals surface area contributed by atoms with Crippen LogP contribution >= 0.6 is 11.3 Å². The summed E-state index contributed by atoms with van der Waals surface area (Å²) < 4.78 is 5.39. The summed E-state index contributed by atoms with van der Waals surface area (Å²) in [5.74, 6) is 0. The standard InChI is InChI=1S/C16H21N3OS/c1-3-15(19-8-10-20-11-9-19)4-2-14(1)13-17-6-5-16-18-7-12-21-16/h1-4,7,12,17H,5-6,8-11,13H2. The van der Waals surface area contributed by atoms with Gasteiger partial charge in [-0.1, -0.05) is 12.1 Å². The van der Waals surface area contributed by atoms with Crippen molar-refractivity contribution in [3.05, 3.63) is 46.4 Å². The first kappa shape index (κ1) is 14.5. The lowest BCUT2D eigenvalue weighted by Gasteiger charge is -2.28. The first-order valence-electron chi connectivity index (χ1n) is 7.42. The first-order valence-corrected chi connectivity index (χ1v) is 8.30. The van der Waals surface area contributed by atoms with E-state index in [2.05, 4.69) is 39.5 Å². The van der Waals surface area contributed by atoms with Crippen molar-refractivity contribution in [1.29, 1.82) is 0 Å². The van der Waals surface area contributed by atoms with Gasteiger partial charge in [-0.05, 0) is 17.7 Å². The average Bonchev–Trinajstić information content (AvgIpc) is 3.06. The molecule has 0 radical (unpaired) electrons. The zero-order valence-electron chi connectivity index (χ0n) is 12.1. The molecule has 1 saturated heterocycles. The lowest BCUT2D eigenvalue weighted by molar-refractivity contribution is 0.122. The summed E-state index contributed by atoms with van der Waals surface area (Å²) in [7, 11) is 0. The quantitative estimate of drug-likeness (QED) is 0.831. The van der Waals surface area contributed by atoms with Crippen LogP contribution in [0.15, 0.2) is 35.8 Å². The molecular formula is C16H21N3OS. The Balaban J connectivity index is 1.43. The zero-order chi connectivity index (χ0) is 14.3. The van der Waals surface area contributed by atoms with Crippen LogP contribution in [0, 0.1) is 0 Å². The van der Waals surface area contributed by atoms with Gasteiger partial charge in [0.05, 0.1) is 18.2 Å². The van der Waals surface area contributed by atoms with E-state index in [1.54, 1.807) is 11.3 Å². The van der Waals surface area contributed by atoms with E-state index in [4.69, 9.17) is 4.74 Å². The van der Waals surface area contributed by atoms with Crippen LogP contribution in [0.3, 0.4) is 0 Å². The molecule has 0 unspecified atom stereocenters. The largest absolute Gasteiger partial charge is 0.378 e. The highest BCUT2D eigenvalue weighted by Gasteiger charge is 2.10. The maximum atomic E-state index is 5.39. The second-order valence-electron chi connectivity index (χ2n) is 5.12. The lowest BCUT2D eigenvalue weighted by Crippen LogP contribution is -2.36. The second-order valence-corrected chi connectivity index (χ2v) is 6.10. The fraction of sp³-hybridized carbons (Fsp3) is 0.438. The molecule has 1 N–H and O–H groups in total. The fourth-order valence-corrected chi connectivity index (χ4v) is 3.07. The summed E-state index contributed by atoms with van der Waals surface area (Å²) in [5.41, 5.74) is 2.62. The molecule has 0 bridgehead atoms. The number of rotatable bonds is 6. The molecule has 112 valence electrons. The molecule has 1 aliphatic rings. The number of hydrogen-bond donors (Lipinski definition) is 1. The molecule has 3 rings (SSSR count). The molecular weight excluding hydrogens is 282 g/mol. The highest BCUT2D eigenvalue weighted by molar-refractivity contribution is 7.09. The highest BCUT2D eigenvalue weighted by Crippen LogP contribution is 2.16. The van der Waals surface area contributed by atoms with E-state index >= 15 is 0 Å². The number of morpholine rings is 1. The van der Waals surface area contributed by atoms with Crippen LogP contribution in [0.4, 0.5) is 5.69 Å². The maximum absolute atomic E-state index is 5.39. The summed E-state index contributed by atoms with van der Waals surface area (Å²) in [6, 6.07) is 8.84. The van der Waals surface area contributed by atoms with Gasteiger partial charge in [0.15, 0.2) is 0 Å². The van der Waals surface area contributed by atoms with Crippen LogP contribution in [0.1, 0.15) is 10.6 Å². The Bertz CT molecular complexity index is 521. The number of ether oxygens (including phenoxy) is 1. The monoisotopic (exact) mass is 303 g/mol. The predicted octanol–water partition coefficient (Wildman–Crippen LogP) is 2.31. The van der Waals surface area contributed by atoms with E-state index in [1.165, 1.54) is 16.3 Å². The first-order chi connectivity index (χ1) is 10.4. The Morgan fingerprint density at radius 2 is 2.00 bits per heavy atom. The molecule has 1 aliphatic heterocycles. The minimum atomic E-state index is 0.833. The molecule has 1 fully saturated rings. The van der Waals surface area contributed by atoms with Crippen LogP contribution < -0.4 is 10.2 Å². The SMILES string of the molecule is c1csc(CCNCc2ccc(N3CCOCC3)cc2)n1. The number of thiazole rings is 1. The van der Waals surface area contributed by atoms with Crippen molar-refractivity contribution in [3.63, 3.8) is 0 Å². The molecule has 1 aromatic heterocycles. The minimum absolute atomic E-state index is 0.833. The Hall–Kier alpha value is -1.43. The number of nitrogens with zero attached hydrogens (tertiary/aromatic N) is 2. The Kier molecular flexibility index (Phi) is 5.21. The average molecular weight is 303 g/mol. The maximum Gasteiger partial charge on any atom is 0.0937 e. The highest BCUT2D eigenvalue weighted by atomic mass is 32.1. The normalized spacial score (nSPS) is 15.3. The predicted molar refractivity (Wildman–Crippen MR) is 87.0 cm³/mol. The van der Waals surface area contributed by atoms with Gasteiger partial charge >= 0.3 is 0 Å². The third kappa shape index (κ3) is 4.27. The molecule has 0 amide bonds. The van der Waals surface area contributed by atoms with Crippen molar-refractivity contribution in [2.45, 2.75) is 13.0 Å². The van der Waals surface area contributed by atoms with Gasteiger partial charge in [0, 0.05) is 49.9 Å². The van der Waals surface area contributed by atoms with Crippen LogP contribution in [-0.4, -0.2) is 37.8 Å². The van der Waals surface area contributed by atoms with Gasteiger partial charge in [0.25, 0.3) is 0 Å². The van der Waals surface area contributed by atoms with Gasteiger partial charge in [0.2, 0.25) is 0 Å². The van der Waals surface area contributed by atoms with Crippen molar-refractivity contribution in [2.24, 2.45) is 0 Å². The molecule has 2 heterocycles. The third-order valence-corrected chi connectivity index (χ3v) is 4.48. The summed E-state index contributed by atoms with van der Waals surface area (Å²) >= 11 is 1.72. The molecule has 0 aliphatic carbocycles. The molecule has 5 heteroatoms. The number of nitrogens with one attached hydrogen (secondary N) is 1. The topological polar surface area (TPSA) is 37.4 Å². The molecule has 4 nitrogen and oxygen atoms in total. The van der Waals surface area contributed by atoms with Crippen LogP contribution in [0.25, 0.3) is 0 Å². The van der Waals surface area contributed by atoms with Crippen molar-refractivity contribution in [3.8, 4) is 0 Å². The van der Waals surface area contributed by atoms with E-state index in [1.807, 2.05) is 11.6 Å². The fourth-order valence-electron chi connectivity index (χ4n) is 2.45. The summed E-state index contributed by atoms with van der Waals surface area (Å²) in [6.07, 6.45) is 2.87. The smallest absolute Gasteiger partial charge is 0.0937 e. The second kappa shape index (κ2) is 7.54. The number of hydrogen-bond acceptors (Lipinski definition) is 5. The van der Waals surface area contributed by atoms with Gasteiger partial charge in [-0.2, -0.15) is 0 Å². The minimum Gasteiger partial charge on any atom is -0.378 e. The summed E-state index contributed by atoms with van der Waals surface area (Å²) in [5, 5.41) is 6.70. The van der Waals surface area contributed by atoms with E-state index in [0.717, 1.165) is 45.8 Å². The van der Waals surface area contributed by atoms with Gasteiger partial charge in [-0.25, -0.2) is 4.98 Å². The molecule has 0 saturated carbocycles. The number of benzene rings is 1. The molecule has 0 atom stereocenters. The Morgan fingerprint density at radius 3 is 2.71 bits per heavy atom. The van der Waals surface area contributed by atoms with E-state index in [9.17, 15) is 0 Å². The Labute approximate surface area is 129 Å². The van der Waals surface area contributed by atoms with Crippen LogP contribution in [-0.2, 0) is 17.7 Å².